The maximum absolute atomic E-state index is 12.4. The molecule has 7 bridgehead atoms. The summed E-state index contributed by atoms with van der Waals surface area (Å²) in [5.74, 6) is 1.03. The lowest BCUT2D eigenvalue weighted by Crippen LogP contribution is -2.76. The average Bonchev–Trinajstić information content (AvgIpc) is 3.15. The minimum Gasteiger partial charge on any atom is -0.392 e. The van der Waals surface area contributed by atoms with Gasteiger partial charge >= 0.3 is 0 Å². The highest BCUT2D eigenvalue weighted by Crippen LogP contribution is 2.79. The minimum atomic E-state index is -0.847. The van der Waals surface area contributed by atoms with Gasteiger partial charge in [0.2, 0.25) is 0 Å². The molecule has 5 saturated carbocycles. The van der Waals surface area contributed by atoms with Gasteiger partial charge in [-0.3, -0.25) is 4.90 Å². The van der Waals surface area contributed by atoms with Crippen molar-refractivity contribution in [1.82, 2.24) is 4.90 Å². The molecule has 12 atom stereocenters. The highest BCUT2D eigenvalue weighted by molar-refractivity contribution is 5.33. The smallest absolute Gasteiger partial charge is 0.0771 e. The van der Waals surface area contributed by atoms with Gasteiger partial charge in [0.25, 0.3) is 0 Å². The molecule has 0 radical (unpaired) electrons. The molecule has 1 saturated heterocycles. The molecule has 6 heteroatoms. The van der Waals surface area contributed by atoms with Crippen LogP contribution >= 0.6 is 0 Å². The predicted octanol–water partition coefficient (Wildman–Crippen LogP) is 1.53. The van der Waals surface area contributed by atoms with Crippen molar-refractivity contribution in [3.8, 4) is 0 Å². The predicted molar refractivity (Wildman–Crippen MR) is 111 cm³/mol. The third-order valence-corrected chi connectivity index (χ3v) is 11.2. The Labute approximate surface area is 180 Å². The first-order valence-electron chi connectivity index (χ1n) is 12.1. The van der Waals surface area contributed by atoms with E-state index >= 15 is 0 Å². The number of piperidine rings is 1. The van der Waals surface area contributed by atoms with Gasteiger partial charge in [-0.2, -0.15) is 0 Å². The van der Waals surface area contributed by atoms with E-state index in [-0.39, 0.29) is 46.7 Å². The number of methoxy groups -OCH3 is 3. The van der Waals surface area contributed by atoms with E-state index in [1.165, 1.54) is 0 Å². The van der Waals surface area contributed by atoms with Gasteiger partial charge in [0.05, 0.1) is 30.5 Å². The maximum atomic E-state index is 12.4. The van der Waals surface area contributed by atoms with Gasteiger partial charge in [-0.25, -0.2) is 0 Å². The minimum absolute atomic E-state index is 0.000283. The summed E-state index contributed by atoms with van der Waals surface area (Å²) in [5, 5.41) is 23.8. The molecule has 170 valence electrons. The number of rotatable bonds is 5. The molecule has 6 aliphatic rings. The van der Waals surface area contributed by atoms with E-state index in [1.807, 2.05) is 14.2 Å². The van der Waals surface area contributed by atoms with Crippen LogP contribution in [0.4, 0.5) is 0 Å². The lowest BCUT2D eigenvalue weighted by atomic mass is 9.43. The summed E-state index contributed by atoms with van der Waals surface area (Å²) in [5.41, 5.74) is -0.719. The van der Waals surface area contributed by atoms with E-state index in [4.69, 9.17) is 14.2 Å². The van der Waals surface area contributed by atoms with Crippen molar-refractivity contribution in [3.05, 3.63) is 0 Å². The van der Waals surface area contributed by atoms with Gasteiger partial charge in [-0.1, -0.05) is 6.92 Å². The van der Waals surface area contributed by atoms with Crippen molar-refractivity contribution < 1.29 is 24.4 Å². The fourth-order valence-electron chi connectivity index (χ4n) is 10.7. The molecule has 5 aliphatic carbocycles. The zero-order chi connectivity index (χ0) is 21.1. The summed E-state index contributed by atoms with van der Waals surface area (Å²) in [4.78, 5) is 2.67. The first kappa shape index (κ1) is 20.4. The van der Waals surface area contributed by atoms with Crippen molar-refractivity contribution in [2.24, 2.45) is 40.4 Å². The maximum Gasteiger partial charge on any atom is 0.0771 e. The van der Waals surface area contributed by atoms with Crippen molar-refractivity contribution in [1.29, 1.82) is 0 Å². The number of ether oxygens (including phenoxy) is 3. The number of fused-ring (bicyclic) bond motifs is 2. The van der Waals surface area contributed by atoms with Gasteiger partial charge in [-0.15, -0.1) is 0 Å². The lowest BCUT2D eigenvalue weighted by molar-refractivity contribution is -0.276. The second kappa shape index (κ2) is 6.42. The van der Waals surface area contributed by atoms with Crippen molar-refractivity contribution >= 4 is 0 Å². The molecule has 2 N–H and O–H groups in total. The highest BCUT2D eigenvalue weighted by Gasteiger charge is 2.83. The van der Waals surface area contributed by atoms with Crippen LogP contribution in [-0.2, 0) is 14.2 Å². The van der Waals surface area contributed by atoms with E-state index in [0.717, 1.165) is 45.4 Å². The fraction of sp³-hybridized carbons (Fsp3) is 1.00. The number of hydrogen-bond acceptors (Lipinski definition) is 6. The fourth-order valence-corrected chi connectivity index (χ4v) is 10.7. The Bertz CT molecular complexity index is 720. The van der Waals surface area contributed by atoms with E-state index in [9.17, 15) is 10.2 Å². The molecular formula is C24H39NO5. The Hall–Kier alpha value is -0.240. The molecule has 1 unspecified atom stereocenters. The van der Waals surface area contributed by atoms with Crippen molar-refractivity contribution in [2.75, 3.05) is 41.0 Å². The van der Waals surface area contributed by atoms with Gasteiger partial charge < -0.3 is 24.4 Å². The Morgan fingerprint density at radius 3 is 2.57 bits per heavy atom. The van der Waals surface area contributed by atoms with E-state index < -0.39 is 11.7 Å². The molecule has 1 heterocycles. The molecule has 0 aromatic rings. The second-order valence-corrected chi connectivity index (χ2v) is 11.5. The van der Waals surface area contributed by atoms with Crippen molar-refractivity contribution in [3.63, 3.8) is 0 Å². The first-order chi connectivity index (χ1) is 14.4. The molecule has 6 nitrogen and oxygen atoms in total. The Morgan fingerprint density at radius 2 is 1.90 bits per heavy atom. The Kier molecular flexibility index (Phi) is 4.36. The quantitative estimate of drug-likeness (QED) is 0.702. The number of likely N-dealkylation sites (tertiary alicyclic amines) is 1. The summed E-state index contributed by atoms with van der Waals surface area (Å²) in [6.45, 7) is 5.11. The third-order valence-electron chi connectivity index (χ3n) is 11.2. The van der Waals surface area contributed by atoms with Gasteiger partial charge in [0.1, 0.15) is 0 Å². The van der Waals surface area contributed by atoms with Crippen LogP contribution in [0.3, 0.4) is 0 Å². The highest BCUT2D eigenvalue weighted by atomic mass is 16.5. The van der Waals surface area contributed by atoms with Crippen molar-refractivity contribution in [2.45, 2.75) is 69.0 Å². The summed E-state index contributed by atoms with van der Waals surface area (Å²) in [6, 6.07) is 0.329. The number of aliphatic hydroxyl groups is 2. The van der Waals surface area contributed by atoms with Crippen LogP contribution in [0.15, 0.2) is 0 Å². The number of aliphatic hydroxyl groups excluding tert-OH is 1. The summed E-state index contributed by atoms with van der Waals surface area (Å²) in [7, 11) is 5.48. The molecule has 6 fully saturated rings. The van der Waals surface area contributed by atoms with Crippen LogP contribution in [0.5, 0.6) is 0 Å². The zero-order valence-electron chi connectivity index (χ0n) is 18.9. The number of nitrogens with zero attached hydrogens (tertiary/aromatic N) is 1. The first-order valence-corrected chi connectivity index (χ1v) is 12.1. The monoisotopic (exact) mass is 421 g/mol. The van der Waals surface area contributed by atoms with Crippen LogP contribution in [0, 0.1) is 40.4 Å². The summed E-state index contributed by atoms with van der Waals surface area (Å²) >= 11 is 0. The molecule has 1 spiro atoms. The Morgan fingerprint density at radius 1 is 1.10 bits per heavy atom. The average molecular weight is 422 g/mol. The molecule has 0 aromatic carbocycles. The van der Waals surface area contributed by atoms with E-state index in [2.05, 4.69) is 11.8 Å². The molecule has 0 aromatic heterocycles. The molecule has 1 aliphatic heterocycles. The van der Waals surface area contributed by atoms with E-state index in [1.54, 1.807) is 7.11 Å². The van der Waals surface area contributed by atoms with Gasteiger partial charge in [0.15, 0.2) is 0 Å². The SMILES string of the molecule is CCN1C[C@@]2(COC)CC[C@H](OC)[C@]34C1[C@H](C[C@H]23)[C@@]1(O)C[C@H](OC)[C@H]2C[C@@H]4[C@@H]1[C@H]2O. The normalized spacial score (nSPS) is 60.8. The molecule has 30 heavy (non-hydrogen) atoms. The lowest BCUT2D eigenvalue weighted by Gasteiger charge is -2.69. The number of hydrogen-bond donors (Lipinski definition) is 2. The van der Waals surface area contributed by atoms with Crippen LogP contribution in [-0.4, -0.2) is 86.1 Å². The third kappa shape index (κ3) is 2.00. The second-order valence-electron chi connectivity index (χ2n) is 11.5. The standard InChI is InChI=1S/C24H39NO5/c1-5-25-11-22(12-28-2)7-6-18(30-4)24-14-8-13-16(29-3)10-23(27,19(14)20(13)26)15(21(24)25)9-17(22)24/h13-21,26-27H,5-12H2,1-4H3/t13-,14-,15+,16+,17-,18+,19-,20+,21?,22-,23+,24-/m1/s1. The topological polar surface area (TPSA) is 71.4 Å². The molecule has 0 amide bonds. The van der Waals surface area contributed by atoms with Gasteiger partial charge in [0, 0.05) is 68.9 Å². The van der Waals surface area contributed by atoms with Crippen LogP contribution in [0.1, 0.15) is 39.0 Å². The van der Waals surface area contributed by atoms with Gasteiger partial charge in [-0.05, 0) is 44.1 Å². The zero-order valence-corrected chi connectivity index (χ0v) is 18.9. The summed E-state index contributed by atoms with van der Waals surface area (Å²) < 4.78 is 18.0. The van der Waals surface area contributed by atoms with Crippen LogP contribution < -0.4 is 0 Å². The molecular weight excluding hydrogens is 382 g/mol. The van der Waals surface area contributed by atoms with E-state index in [0.29, 0.717) is 18.4 Å². The molecule has 6 rings (SSSR count). The van der Waals surface area contributed by atoms with Crippen LogP contribution in [0.25, 0.3) is 0 Å². The summed E-state index contributed by atoms with van der Waals surface area (Å²) in [6.07, 6.45) is 4.52. The van der Waals surface area contributed by atoms with Crippen LogP contribution in [0.2, 0.25) is 0 Å². The largest absolute Gasteiger partial charge is 0.392 e. The Balaban J connectivity index is 1.58.